The highest BCUT2D eigenvalue weighted by Crippen LogP contribution is 2.44. The molecule has 1 spiro atoms. The SMILES string of the molecule is CNC(c1ccc(Cl)cc1Br)C1CCOC2(CCSC2)C1. The van der Waals surface area contributed by atoms with Crippen molar-refractivity contribution in [3.8, 4) is 0 Å². The lowest BCUT2D eigenvalue weighted by atomic mass is 9.79. The van der Waals surface area contributed by atoms with Crippen molar-refractivity contribution in [1.82, 2.24) is 5.32 Å². The van der Waals surface area contributed by atoms with Crippen LogP contribution in [0.15, 0.2) is 22.7 Å². The zero-order valence-corrected chi connectivity index (χ0v) is 15.4. The molecule has 21 heavy (non-hydrogen) atoms. The minimum atomic E-state index is 0.127. The Bertz CT molecular complexity index is 507. The van der Waals surface area contributed by atoms with Crippen molar-refractivity contribution >= 4 is 39.3 Å². The number of benzene rings is 1. The molecule has 2 nitrogen and oxygen atoms in total. The van der Waals surface area contributed by atoms with Crippen LogP contribution in [-0.4, -0.2) is 30.8 Å². The monoisotopic (exact) mass is 389 g/mol. The van der Waals surface area contributed by atoms with Gasteiger partial charge >= 0.3 is 0 Å². The molecule has 2 heterocycles. The van der Waals surface area contributed by atoms with E-state index in [1.54, 1.807) is 0 Å². The number of nitrogens with one attached hydrogen (secondary N) is 1. The molecule has 5 heteroatoms. The molecule has 2 aliphatic heterocycles. The summed E-state index contributed by atoms with van der Waals surface area (Å²) < 4.78 is 7.25. The molecule has 0 aromatic heterocycles. The van der Waals surface area contributed by atoms with E-state index in [9.17, 15) is 0 Å². The second kappa shape index (κ2) is 6.79. The van der Waals surface area contributed by atoms with Crippen LogP contribution in [0, 0.1) is 5.92 Å². The molecule has 2 fully saturated rings. The summed E-state index contributed by atoms with van der Waals surface area (Å²) in [5.74, 6) is 3.00. The Morgan fingerprint density at radius 2 is 2.38 bits per heavy atom. The maximum Gasteiger partial charge on any atom is 0.0783 e. The Balaban J connectivity index is 1.82. The van der Waals surface area contributed by atoms with Gasteiger partial charge in [0.15, 0.2) is 0 Å². The van der Waals surface area contributed by atoms with Gasteiger partial charge in [-0.05, 0) is 55.7 Å². The topological polar surface area (TPSA) is 21.3 Å². The third kappa shape index (κ3) is 3.45. The molecule has 0 radical (unpaired) electrons. The Morgan fingerprint density at radius 1 is 1.52 bits per heavy atom. The summed E-state index contributed by atoms with van der Waals surface area (Å²) in [6.07, 6.45) is 3.47. The minimum Gasteiger partial charge on any atom is -0.374 e. The first kappa shape index (κ1) is 16.1. The van der Waals surface area contributed by atoms with E-state index in [4.69, 9.17) is 16.3 Å². The number of ether oxygens (including phenoxy) is 1. The molecule has 0 bridgehead atoms. The predicted octanol–water partition coefficient (Wildman–Crippen LogP) is 4.67. The molecule has 116 valence electrons. The Hall–Kier alpha value is 0.260. The van der Waals surface area contributed by atoms with E-state index in [1.807, 2.05) is 23.9 Å². The second-order valence-electron chi connectivity index (χ2n) is 6.02. The van der Waals surface area contributed by atoms with Gasteiger partial charge in [-0.2, -0.15) is 11.8 Å². The molecule has 1 aromatic rings. The van der Waals surface area contributed by atoms with Gasteiger partial charge in [0.05, 0.1) is 5.60 Å². The number of thioether (sulfide) groups is 1. The van der Waals surface area contributed by atoms with Crippen molar-refractivity contribution in [1.29, 1.82) is 0 Å². The molecule has 2 aliphatic rings. The average Bonchev–Trinajstić information content (AvgIpc) is 2.90. The molecule has 0 saturated carbocycles. The van der Waals surface area contributed by atoms with Crippen LogP contribution in [0.1, 0.15) is 30.9 Å². The van der Waals surface area contributed by atoms with Crippen molar-refractivity contribution in [2.24, 2.45) is 5.92 Å². The molecule has 0 aliphatic carbocycles. The van der Waals surface area contributed by atoms with Crippen molar-refractivity contribution < 1.29 is 4.74 Å². The number of hydrogen-bond donors (Lipinski definition) is 1. The molecule has 1 aromatic carbocycles. The molecular weight excluding hydrogens is 370 g/mol. The van der Waals surface area contributed by atoms with Crippen molar-refractivity contribution in [2.45, 2.75) is 30.9 Å². The lowest BCUT2D eigenvalue weighted by Gasteiger charge is -2.41. The fourth-order valence-electron chi connectivity index (χ4n) is 3.61. The van der Waals surface area contributed by atoms with Gasteiger partial charge in [0.2, 0.25) is 0 Å². The standard InChI is InChI=1S/C16H21BrClNOS/c1-19-15(13-3-2-12(18)8-14(13)17)11-4-6-20-16(9-11)5-7-21-10-16/h2-3,8,11,15,19H,4-7,9-10H2,1H3. The van der Waals surface area contributed by atoms with Crippen LogP contribution in [0.25, 0.3) is 0 Å². The lowest BCUT2D eigenvalue weighted by Crippen LogP contribution is -2.43. The molecule has 3 rings (SSSR count). The van der Waals surface area contributed by atoms with E-state index in [1.165, 1.54) is 17.7 Å². The van der Waals surface area contributed by atoms with Crippen molar-refractivity contribution in [3.05, 3.63) is 33.3 Å². The quantitative estimate of drug-likeness (QED) is 0.810. The molecule has 3 unspecified atom stereocenters. The summed E-state index contributed by atoms with van der Waals surface area (Å²) in [7, 11) is 2.05. The van der Waals surface area contributed by atoms with Gasteiger partial charge in [-0.3, -0.25) is 0 Å². The number of rotatable bonds is 3. The Morgan fingerprint density at radius 3 is 3.05 bits per heavy atom. The first-order valence-electron chi connectivity index (χ1n) is 7.47. The highest BCUT2D eigenvalue weighted by Gasteiger charge is 2.42. The smallest absolute Gasteiger partial charge is 0.0783 e. The van der Waals surface area contributed by atoms with Crippen LogP contribution in [0.3, 0.4) is 0 Å². The fraction of sp³-hybridized carbons (Fsp3) is 0.625. The van der Waals surface area contributed by atoms with Crippen LogP contribution in [0.4, 0.5) is 0 Å². The van der Waals surface area contributed by atoms with E-state index in [-0.39, 0.29) is 5.60 Å². The number of halogens is 2. The van der Waals surface area contributed by atoms with Crippen molar-refractivity contribution in [3.63, 3.8) is 0 Å². The van der Waals surface area contributed by atoms with Crippen LogP contribution >= 0.6 is 39.3 Å². The van der Waals surface area contributed by atoms with Gasteiger partial charge in [0.25, 0.3) is 0 Å². The summed E-state index contributed by atoms with van der Waals surface area (Å²) in [6, 6.07) is 6.45. The third-order valence-electron chi connectivity index (χ3n) is 4.68. The molecule has 1 N–H and O–H groups in total. The third-order valence-corrected chi connectivity index (χ3v) is 6.82. The van der Waals surface area contributed by atoms with Gasteiger partial charge in [0.1, 0.15) is 0 Å². The first-order valence-corrected chi connectivity index (χ1v) is 9.80. The van der Waals surface area contributed by atoms with Gasteiger partial charge in [-0.1, -0.05) is 33.6 Å². The zero-order valence-electron chi connectivity index (χ0n) is 12.2. The summed E-state index contributed by atoms with van der Waals surface area (Å²) in [5, 5.41) is 4.29. The van der Waals surface area contributed by atoms with Gasteiger partial charge in [-0.25, -0.2) is 0 Å². The highest BCUT2D eigenvalue weighted by atomic mass is 79.9. The predicted molar refractivity (Wildman–Crippen MR) is 94.3 cm³/mol. The van der Waals surface area contributed by atoms with Crippen molar-refractivity contribution in [2.75, 3.05) is 25.2 Å². The normalized spacial score (nSPS) is 30.7. The van der Waals surface area contributed by atoms with Gasteiger partial charge < -0.3 is 10.1 Å². The van der Waals surface area contributed by atoms with Crippen LogP contribution < -0.4 is 5.32 Å². The Kier molecular flexibility index (Phi) is 5.22. The van der Waals surface area contributed by atoms with E-state index < -0.39 is 0 Å². The molecule has 0 amide bonds. The summed E-state index contributed by atoms with van der Waals surface area (Å²) in [4.78, 5) is 0. The second-order valence-corrected chi connectivity index (χ2v) is 8.42. The van der Waals surface area contributed by atoms with Gasteiger partial charge in [-0.15, -0.1) is 0 Å². The van der Waals surface area contributed by atoms with Crippen LogP contribution in [0.2, 0.25) is 5.02 Å². The molecular formula is C16H21BrClNOS. The lowest BCUT2D eigenvalue weighted by molar-refractivity contribution is -0.0851. The molecule has 2 saturated heterocycles. The average molecular weight is 391 g/mol. The summed E-state index contributed by atoms with van der Waals surface area (Å²) >= 11 is 11.8. The van der Waals surface area contributed by atoms with Crippen LogP contribution in [0.5, 0.6) is 0 Å². The van der Waals surface area contributed by atoms with E-state index >= 15 is 0 Å². The maximum atomic E-state index is 6.16. The summed E-state index contributed by atoms with van der Waals surface area (Å²) in [6.45, 7) is 0.884. The van der Waals surface area contributed by atoms with Crippen LogP contribution in [-0.2, 0) is 4.74 Å². The van der Waals surface area contributed by atoms with E-state index in [0.717, 1.165) is 34.7 Å². The minimum absolute atomic E-state index is 0.127. The Labute approximate surface area is 144 Å². The zero-order chi connectivity index (χ0) is 14.9. The molecule has 3 atom stereocenters. The fourth-order valence-corrected chi connectivity index (χ4v) is 5.92. The number of hydrogen-bond acceptors (Lipinski definition) is 3. The maximum absolute atomic E-state index is 6.16. The summed E-state index contributed by atoms with van der Waals surface area (Å²) in [5.41, 5.74) is 1.43. The van der Waals surface area contributed by atoms with E-state index in [0.29, 0.717) is 12.0 Å². The highest BCUT2D eigenvalue weighted by molar-refractivity contribution is 9.10. The van der Waals surface area contributed by atoms with E-state index in [2.05, 4.69) is 34.4 Å². The van der Waals surface area contributed by atoms with Gasteiger partial charge in [0, 0.05) is 27.9 Å². The first-order chi connectivity index (χ1) is 10.1. The largest absolute Gasteiger partial charge is 0.374 e.